The maximum atomic E-state index is 12.8. The molecule has 0 aromatic carbocycles. The molecule has 6 nitrogen and oxygen atoms in total. The van der Waals surface area contributed by atoms with Crippen molar-refractivity contribution in [1.82, 2.24) is 14.8 Å². The van der Waals surface area contributed by atoms with E-state index in [-0.39, 0.29) is 18.5 Å². The molecule has 7 heteroatoms. The average Bonchev–Trinajstić information content (AvgIpc) is 2.75. The quantitative estimate of drug-likeness (QED) is 0.843. The molecule has 3 amide bonds. The summed E-state index contributed by atoms with van der Waals surface area (Å²) >= 11 is 5.98. The van der Waals surface area contributed by atoms with E-state index in [2.05, 4.69) is 5.32 Å². The lowest BCUT2D eigenvalue weighted by molar-refractivity contribution is -0.143. The second-order valence-electron chi connectivity index (χ2n) is 5.87. The van der Waals surface area contributed by atoms with Crippen molar-refractivity contribution in [2.24, 2.45) is 0 Å². The Hall–Kier alpha value is -1.82. The summed E-state index contributed by atoms with van der Waals surface area (Å²) in [5, 5.41) is 2.69. The maximum Gasteiger partial charge on any atom is 0.271 e. The van der Waals surface area contributed by atoms with E-state index in [9.17, 15) is 14.4 Å². The van der Waals surface area contributed by atoms with Gasteiger partial charge in [-0.1, -0.05) is 11.6 Å². The molecule has 1 aromatic rings. The smallest absolute Gasteiger partial charge is 0.271 e. The minimum absolute atomic E-state index is 0.0360. The van der Waals surface area contributed by atoms with Gasteiger partial charge in [0.2, 0.25) is 5.91 Å². The van der Waals surface area contributed by atoms with Gasteiger partial charge in [-0.05, 0) is 33.8 Å². The zero-order chi connectivity index (χ0) is 15.9. The fourth-order valence-electron chi connectivity index (χ4n) is 2.29. The Morgan fingerprint density at radius 2 is 2.00 bits per heavy atom. The molecule has 1 saturated heterocycles. The highest BCUT2D eigenvalue weighted by atomic mass is 35.5. The highest BCUT2D eigenvalue weighted by Crippen LogP contribution is 2.25. The minimum Gasteiger partial charge on any atom is -0.339 e. The summed E-state index contributed by atoms with van der Waals surface area (Å²) < 4.78 is 1.73. The number of halogens is 1. The fraction of sp³-hybridized carbons (Fsp3) is 0.500. The Morgan fingerprint density at radius 3 is 2.57 bits per heavy atom. The zero-order valence-corrected chi connectivity index (χ0v) is 13.2. The van der Waals surface area contributed by atoms with Gasteiger partial charge in [-0.2, -0.15) is 0 Å². The van der Waals surface area contributed by atoms with Crippen molar-refractivity contribution < 1.29 is 14.4 Å². The lowest BCUT2D eigenvalue weighted by atomic mass is 9.98. The van der Waals surface area contributed by atoms with Gasteiger partial charge in [0.15, 0.2) is 0 Å². The van der Waals surface area contributed by atoms with Gasteiger partial charge in [0.25, 0.3) is 11.8 Å². The van der Waals surface area contributed by atoms with Crippen molar-refractivity contribution in [3.05, 3.63) is 23.0 Å². The zero-order valence-electron chi connectivity index (χ0n) is 12.4. The first kappa shape index (κ1) is 15.6. The average molecular weight is 312 g/mol. The van der Waals surface area contributed by atoms with E-state index in [4.69, 9.17) is 11.6 Å². The van der Waals surface area contributed by atoms with Crippen molar-refractivity contribution in [2.75, 3.05) is 6.54 Å². The lowest BCUT2D eigenvalue weighted by Crippen LogP contribution is -2.65. The number of nitrogens with zero attached hydrogens (tertiary/aromatic N) is 2. The highest BCUT2D eigenvalue weighted by molar-refractivity contribution is 6.31. The van der Waals surface area contributed by atoms with E-state index < -0.39 is 17.4 Å². The number of imide groups is 1. The molecule has 0 radical (unpaired) electrons. The molecule has 21 heavy (non-hydrogen) atoms. The molecule has 0 atom stereocenters. The predicted octanol–water partition coefficient (Wildman–Crippen LogP) is 1.60. The molecular weight excluding hydrogens is 294 g/mol. The van der Waals surface area contributed by atoms with Crippen LogP contribution in [-0.4, -0.2) is 39.3 Å². The van der Waals surface area contributed by atoms with Crippen LogP contribution < -0.4 is 5.32 Å². The number of hydrogen-bond donors (Lipinski definition) is 1. The first-order valence-corrected chi connectivity index (χ1v) is 7.06. The number of hydrogen-bond acceptors (Lipinski definition) is 3. The number of rotatable bonds is 2. The molecule has 0 bridgehead atoms. The maximum absolute atomic E-state index is 12.8. The van der Waals surface area contributed by atoms with Crippen molar-refractivity contribution >= 4 is 29.3 Å². The third-order valence-corrected chi connectivity index (χ3v) is 3.83. The number of carbonyl (C=O) groups excluding carboxylic acids is 3. The van der Waals surface area contributed by atoms with E-state index in [1.165, 1.54) is 4.90 Å². The Bertz CT molecular complexity index is 619. The second-order valence-corrected chi connectivity index (χ2v) is 6.31. The Kier molecular flexibility index (Phi) is 3.84. The lowest BCUT2D eigenvalue weighted by Gasteiger charge is -2.40. The van der Waals surface area contributed by atoms with Crippen LogP contribution in [0.15, 0.2) is 12.3 Å². The summed E-state index contributed by atoms with van der Waals surface area (Å²) in [5.74, 6) is -1.36. The van der Waals surface area contributed by atoms with Crippen LogP contribution in [0.3, 0.4) is 0 Å². The van der Waals surface area contributed by atoms with Gasteiger partial charge in [0.05, 0.1) is 5.02 Å². The van der Waals surface area contributed by atoms with Crippen LogP contribution in [-0.2, 0) is 9.59 Å². The van der Waals surface area contributed by atoms with E-state index in [0.717, 1.165) is 0 Å². The van der Waals surface area contributed by atoms with E-state index in [0.29, 0.717) is 10.7 Å². The molecule has 0 aliphatic carbocycles. The van der Waals surface area contributed by atoms with Gasteiger partial charge in [0.1, 0.15) is 17.8 Å². The number of carbonyl (C=O) groups is 3. The van der Waals surface area contributed by atoms with Crippen molar-refractivity contribution in [1.29, 1.82) is 0 Å². The Labute approximate surface area is 128 Å². The monoisotopic (exact) mass is 311 g/mol. The molecular formula is C14H18ClN3O3. The van der Waals surface area contributed by atoms with Crippen LogP contribution in [0.25, 0.3) is 0 Å². The SMILES string of the molecule is CC(C)n1cc(Cl)cc1C(=O)N1CC(=O)NC(=O)C1(C)C. The van der Waals surface area contributed by atoms with Gasteiger partial charge in [-0.3, -0.25) is 19.7 Å². The van der Waals surface area contributed by atoms with Crippen LogP contribution in [0.1, 0.15) is 44.2 Å². The number of nitrogens with one attached hydrogen (secondary N) is 1. The highest BCUT2D eigenvalue weighted by Gasteiger charge is 2.44. The summed E-state index contributed by atoms with van der Waals surface area (Å²) in [6.07, 6.45) is 1.66. The normalized spacial score (nSPS) is 18.1. The summed E-state index contributed by atoms with van der Waals surface area (Å²) in [6, 6.07) is 1.59. The van der Waals surface area contributed by atoms with E-state index >= 15 is 0 Å². The third kappa shape index (κ3) is 2.68. The minimum atomic E-state index is -1.09. The van der Waals surface area contributed by atoms with Gasteiger partial charge < -0.3 is 9.47 Å². The van der Waals surface area contributed by atoms with Crippen molar-refractivity contribution in [2.45, 2.75) is 39.3 Å². The molecule has 2 heterocycles. The largest absolute Gasteiger partial charge is 0.339 e. The molecule has 0 saturated carbocycles. The summed E-state index contributed by atoms with van der Waals surface area (Å²) in [4.78, 5) is 37.5. The summed E-state index contributed by atoms with van der Waals surface area (Å²) in [5.41, 5.74) is -0.727. The van der Waals surface area contributed by atoms with Gasteiger partial charge in [-0.15, -0.1) is 0 Å². The van der Waals surface area contributed by atoms with Crippen LogP contribution >= 0.6 is 11.6 Å². The molecule has 0 unspecified atom stereocenters. The summed E-state index contributed by atoms with van der Waals surface area (Å²) in [6.45, 7) is 6.91. The van der Waals surface area contributed by atoms with Gasteiger partial charge in [0, 0.05) is 12.2 Å². The topological polar surface area (TPSA) is 71.4 Å². The fourth-order valence-corrected chi connectivity index (χ4v) is 2.50. The van der Waals surface area contributed by atoms with E-state index in [1.807, 2.05) is 13.8 Å². The third-order valence-electron chi connectivity index (χ3n) is 3.62. The molecule has 1 N–H and O–H groups in total. The first-order chi connectivity index (χ1) is 9.64. The molecule has 2 rings (SSSR count). The van der Waals surface area contributed by atoms with Crippen molar-refractivity contribution in [3.8, 4) is 0 Å². The molecule has 1 aliphatic rings. The van der Waals surface area contributed by atoms with Gasteiger partial charge >= 0.3 is 0 Å². The van der Waals surface area contributed by atoms with Crippen LogP contribution in [0.4, 0.5) is 0 Å². The van der Waals surface area contributed by atoms with Crippen LogP contribution in [0.5, 0.6) is 0 Å². The molecule has 1 aromatic heterocycles. The second kappa shape index (κ2) is 5.18. The van der Waals surface area contributed by atoms with Crippen LogP contribution in [0, 0.1) is 0 Å². The van der Waals surface area contributed by atoms with Crippen molar-refractivity contribution in [3.63, 3.8) is 0 Å². The molecule has 1 aliphatic heterocycles. The molecule has 0 spiro atoms. The first-order valence-electron chi connectivity index (χ1n) is 6.68. The number of piperazine rings is 1. The molecule has 114 valence electrons. The van der Waals surface area contributed by atoms with Crippen LogP contribution in [0.2, 0.25) is 5.02 Å². The number of amides is 3. The summed E-state index contributed by atoms with van der Waals surface area (Å²) in [7, 11) is 0. The Morgan fingerprint density at radius 1 is 1.38 bits per heavy atom. The standard InChI is InChI=1S/C14H18ClN3O3/c1-8(2)17-6-9(15)5-10(17)12(20)18-7-11(19)16-13(21)14(18,3)4/h5-6,8H,7H2,1-4H3,(H,16,19,21). The van der Waals surface area contributed by atoms with Gasteiger partial charge in [-0.25, -0.2) is 0 Å². The number of aromatic nitrogens is 1. The predicted molar refractivity (Wildman–Crippen MR) is 78.1 cm³/mol. The Balaban J connectivity index is 2.43. The molecule has 1 fully saturated rings. The van der Waals surface area contributed by atoms with E-state index in [1.54, 1.807) is 30.7 Å².